The molecule has 4 rings (SSSR count). The van der Waals surface area contributed by atoms with Crippen molar-refractivity contribution in [2.75, 3.05) is 13.2 Å². The fraction of sp³-hybridized carbons (Fsp3) is 0.286. The first-order valence-electron chi connectivity index (χ1n) is 14.4. The SMILES string of the molecule is CC(=O)c1ccc(C)cc1OCCCCOc1ccc(/C=C/c2cccc3c2c(CC(=O)O)cn3CCCC(=O)O)cc1. The lowest BCUT2D eigenvalue weighted by atomic mass is 10.0. The predicted octanol–water partition coefficient (Wildman–Crippen LogP) is 7.05. The lowest BCUT2D eigenvalue weighted by molar-refractivity contribution is -0.137. The third kappa shape index (κ3) is 8.82. The van der Waals surface area contributed by atoms with E-state index in [4.69, 9.17) is 14.6 Å². The Morgan fingerprint density at radius 2 is 1.60 bits per heavy atom. The van der Waals surface area contributed by atoms with Crippen LogP contribution in [0.15, 0.2) is 66.9 Å². The number of ketones is 1. The molecule has 1 aromatic heterocycles. The van der Waals surface area contributed by atoms with Crippen molar-refractivity contribution >= 4 is 40.8 Å². The summed E-state index contributed by atoms with van der Waals surface area (Å²) in [5, 5.41) is 19.3. The number of fused-ring (bicyclic) bond motifs is 1. The van der Waals surface area contributed by atoms with Crippen molar-refractivity contribution < 1.29 is 34.1 Å². The van der Waals surface area contributed by atoms with Gasteiger partial charge in [0.15, 0.2) is 5.78 Å². The predicted molar refractivity (Wildman–Crippen MR) is 167 cm³/mol. The number of benzene rings is 3. The van der Waals surface area contributed by atoms with E-state index in [1.807, 2.05) is 84.4 Å². The Morgan fingerprint density at radius 1 is 0.860 bits per heavy atom. The monoisotopic (exact) mass is 583 g/mol. The maximum Gasteiger partial charge on any atom is 0.307 e. The largest absolute Gasteiger partial charge is 0.494 e. The van der Waals surface area contributed by atoms with Gasteiger partial charge in [-0.05, 0) is 85.7 Å². The molecule has 4 aromatic rings. The average Bonchev–Trinajstić information content (AvgIpc) is 3.31. The summed E-state index contributed by atoms with van der Waals surface area (Å²) in [6, 6.07) is 19.2. The van der Waals surface area contributed by atoms with Crippen LogP contribution < -0.4 is 9.47 Å². The standard InChI is InChI=1S/C35H37NO7/c1-24-10-17-30(25(2)37)32(21-24)43-20-4-3-19-42-29-15-12-26(13-16-29)11-14-27-7-5-8-31-35(27)28(22-34(40)41)23-36(31)18-6-9-33(38)39/h5,7-8,10-17,21,23H,3-4,6,9,18-20,22H2,1-2H3,(H,38,39)(H,40,41)/b14-11+. The van der Waals surface area contributed by atoms with Crippen LogP contribution in [0, 0.1) is 6.92 Å². The number of aryl methyl sites for hydroxylation is 2. The zero-order chi connectivity index (χ0) is 30.8. The fourth-order valence-electron chi connectivity index (χ4n) is 4.97. The first kappa shape index (κ1) is 31.1. The number of nitrogens with zero attached hydrogens (tertiary/aromatic N) is 1. The van der Waals surface area contributed by atoms with Crippen LogP contribution in [-0.2, 0) is 22.6 Å². The Kier molecular flexibility index (Phi) is 10.7. The average molecular weight is 584 g/mol. The molecule has 224 valence electrons. The second kappa shape index (κ2) is 14.9. The number of hydrogen-bond acceptors (Lipinski definition) is 5. The maximum absolute atomic E-state index is 11.8. The second-order valence-electron chi connectivity index (χ2n) is 10.5. The van der Waals surface area contributed by atoms with Gasteiger partial charge in [0.05, 0.1) is 25.2 Å². The molecule has 3 aromatic carbocycles. The number of hydrogen-bond donors (Lipinski definition) is 2. The van der Waals surface area contributed by atoms with Crippen molar-refractivity contribution in [1.29, 1.82) is 0 Å². The van der Waals surface area contributed by atoms with Gasteiger partial charge >= 0.3 is 11.9 Å². The van der Waals surface area contributed by atoms with E-state index < -0.39 is 11.9 Å². The quantitative estimate of drug-likeness (QED) is 0.0825. The molecule has 8 heteroatoms. The molecule has 1 heterocycles. The Morgan fingerprint density at radius 3 is 2.30 bits per heavy atom. The first-order chi connectivity index (χ1) is 20.7. The number of Topliss-reactive ketones (excluding diaryl/α,β-unsaturated/α-hetero) is 1. The normalized spacial score (nSPS) is 11.2. The van der Waals surface area contributed by atoms with Crippen LogP contribution in [0.1, 0.15) is 65.2 Å². The van der Waals surface area contributed by atoms with E-state index in [2.05, 4.69) is 0 Å². The van der Waals surface area contributed by atoms with Crippen molar-refractivity contribution in [3.63, 3.8) is 0 Å². The molecule has 43 heavy (non-hydrogen) atoms. The number of carbonyl (C=O) groups is 3. The lowest BCUT2D eigenvalue weighted by Crippen LogP contribution is -2.05. The molecule has 0 bridgehead atoms. The van der Waals surface area contributed by atoms with E-state index >= 15 is 0 Å². The third-order valence-electron chi connectivity index (χ3n) is 7.07. The summed E-state index contributed by atoms with van der Waals surface area (Å²) in [6.45, 7) is 5.05. The topological polar surface area (TPSA) is 115 Å². The van der Waals surface area contributed by atoms with Gasteiger partial charge in [-0.25, -0.2) is 0 Å². The van der Waals surface area contributed by atoms with Crippen molar-refractivity contribution in [2.45, 2.75) is 52.5 Å². The van der Waals surface area contributed by atoms with Crippen LogP contribution in [0.5, 0.6) is 11.5 Å². The molecule has 2 N–H and O–H groups in total. The van der Waals surface area contributed by atoms with Gasteiger partial charge in [0.25, 0.3) is 0 Å². The van der Waals surface area contributed by atoms with E-state index in [0.29, 0.717) is 43.1 Å². The van der Waals surface area contributed by atoms with Crippen molar-refractivity contribution in [3.8, 4) is 11.5 Å². The Bertz CT molecular complexity index is 1620. The Balaban J connectivity index is 1.33. The highest BCUT2D eigenvalue weighted by molar-refractivity contribution is 5.97. The molecule has 0 unspecified atom stereocenters. The van der Waals surface area contributed by atoms with Gasteiger partial charge in [0, 0.05) is 30.1 Å². The summed E-state index contributed by atoms with van der Waals surface area (Å²) in [5.74, 6) is -0.393. The minimum absolute atomic E-state index is 0.0133. The summed E-state index contributed by atoms with van der Waals surface area (Å²) in [6.07, 6.45) is 7.77. The summed E-state index contributed by atoms with van der Waals surface area (Å²) in [5.41, 5.74) is 5.10. The maximum atomic E-state index is 11.8. The smallest absolute Gasteiger partial charge is 0.307 e. The number of aromatic nitrogens is 1. The Hall–Kier alpha value is -4.85. The molecule has 0 amide bonds. The van der Waals surface area contributed by atoms with Gasteiger partial charge in [-0.2, -0.15) is 0 Å². The van der Waals surface area contributed by atoms with E-state index in [1.165, 1.54) is 6.92 Å². The van der Waals surface area contributed by atoms with Crippen LogP contribution in [0.4, 0.5) is 0 Å². The molecule has 0 aliphatic carbocycles. The van der Waals surface area contributed by atoms with E-state index in [0.717, 1.165) is 46.2 Å². The molecule has 8 nitrogen and oxygen atoms in total. The van der Waals surface area contributed by atoms with Crippen LogP contribution in [0.25, 0.3) is 23.1 Å². The molecule has 0 saturated carbocycles. The summed E-state index contributed by atoms with van der Waals surface area (Å²) >= 11 is 0. The molecule has 0 saturated heterocycles. The zero-order valence-electron chi connectivity index (χ0n) is 24.5. The van der Waals surface area contributed by atoms with E-state index in [9.17, 15) is 19.5 Å². The van der Waals surface area contributed by atoms with E-state index in [1.54, 1.807) is 6.07 Å². The molecule has 0 aliphatic rings. The summed E-state index contributed by atoms with van der Waals surface area (Å²) in [7, 11) is 0. The molecule has 0 aliphatic heterocycles. The second-order valence-corrected chi connectivity index (χ2v) is 10.5. The van der Waals surface area contributed by atoms with Crippen molar-refractivity contribution in [3.05, 3.63) is 94.7 Å². The van der Waals surface area contributed by atoms with Gasteiger partial charge in [-0.3, -0.25) is 14.4 Å². The molecule has 0 fully saturated rings. The minimum Gasteiger partial charge on any atom is -0.494 e. The number of ether oxygens (including phenoxy) is 2. The van der Waals surface area contributed by atoms with Gasteiger partial charge in [-0.15, -0.1) is 0 Å². The molecule has 0 radical (unpaired) electrons. The van der Waals surface area contributed by atoms with Crippen LogP contribution in [0.3, 0.4) is 0 Å². The number of unbranched alkanes of at least 4 members (excludes halogenated alkanes) is 1. The number of carboxylic acid groups (broad SMARTS) is 2. The molecule has 0 atom stereocenters. The minimum atomic E-state index is -0.917. The van der Waals surface area contributed by atoms with Crippen molar-refractivity contribution in [2.24, 2.45) is 0 Å². The molecular formula is C35H37NO7. The number of carboxylic acids is 2. The highest BCUT2D eigenvalue weighted by Gasteiger charge is 2.14. The van der Waals surface area contributed by atoms with Gasteiger partial charge in [-0.1, -0.05) is 42.5 Å². The number of aliphatic carboxylic acids is 2. The molecular weight excluding hydrogens is 546 g/mol. The van der Waals surface area contributed by atoms with Crippen LogP contribution in [-0.4, -0.2) is 45.7 Å². The van der Waals surface area contributed by atoms with E-state index in [-0.39, 0.29) is 18.6 Å². The van der Waals surface area contributed by atoms with Crippen molar-refractivity contribution in [1.82, 2.24) is 4.57 Å². The fourth-order valence-corrected chi connectivity index (χ4v) is 4.97. The highest BCUT2D eigenvalue weighted by atomic mass is 16.5. The zero-order valence-corrected chi connectivity index (χ0v) is 24.5. The Labute approximate surface area is 251 Å². The van der Waals surface area contributed by atoms with Gasteiger partial charge in [0.2, 0.25) is 0 Å². The third-order valence-corrected chi connectivity index (χ3v) is 7.07. The lowest BCUT2D eigenvalue weighted by Gasteiger charge is -2.11. The number of rotatable bonds is 16. The molecule has 0 spiro atoms. The van der Waals surface area contributed by atoms with Gasteiger partial charge in [0.1, 0.15) is 11.5 Å². The summed E-state index contributed by atoms with van der Waals surface area (Å²) in [4.78, 5) is 34.3. The first-order valence-corrected chi connectivity index (χ1v) is 14.4. The van der Waals surface area contributed by atoms with Crippen LogP contribution in [0.2, 0.25) is 0 Å². The van der Waals surface area contributed by atoms with Crippen LogP contribution >= 0.6 is 0 Å². The summed E-state index contributed by atoms with van der Waals surface area (Å²) < 4.78 is 13.7. The van der Waals surface area contributed by atoms with Gasteiger partial charge < -0.3 is 24.3 Å². The highest BCUT2D eigenvalue weighted by Crippen LogP contribution is 2.28. The number of carbonyl (C=O) groups excluding carboxylic acids is 1.